The third kappa shape index (κ3) is 2.48. The minimum Gasteiger partial charge on any atom is -0.389 e. The number of nitrogens with zero attached hydrogens (tertiary/aromatic N) is 1. The van der Waals surface area contributed by atoms with E-state index in [1.807, 2.05) is 24.3 Å². The second kappa shape index (κ2) is 4.85. The first kappa shape index (κ1) is 12.1. The number of nitrogens with two attached hydrogens (primary N) is 1. The smallest absolute Gasteiger partial charge is 0.227 e. The Morgan fingerprint density at radius 2 is 2.35 bits per heavy atom. The Morgan fingerprint density at radius 1 is 1.59 bits per heavy atom. The van der Waals surface area contributed by atoms with E-state index in [0.29, 0.717) is 19.5 Å². The van der Waals surface area contributed by atoms with Crippen LogP contribution in [0.15, 0.2) is 24.3 Å². The molecule has 1 heterocycles. The van der Waals surface area contributed by atoms with Crippen LogP contribution in [0.4, 0.5) is 5.69 Å². The normalized spacial score (nSPS) is 21.9. The predicted octanol–water partition coefficient (Wildman–Crippen LogP) is 1.05. The van der Waals surface area contributed by atoms with Gasteiger partial charge in [0.2, 0.25) is 5.91 Å². The zero-order chi connectivity index (χ0) is 12.4. The topological polar surface area (TPSA) is 66.6 Å². The molecule has 17 heavy (non-hydrogen) atoms. The zero-order valence-electron chi connectivity index (χ0n) is 9.97. The number of carbonyl (C=O) groups is 1. The maximum absolute atomic E-state index is 11.8. The fourth-order valence-electron chi connectivity index (χ4n) is 2.14. The molecule has 1 aromatic carbocycles. The molecule has 2 atom stereocenters. The van der Waals surface area contributed by atoms with Gasteiger partial charge in [-0.1, -0.05) is 12.1 Å². The number of carbonyl (C=O) groups excluding carboxylic acids is 1. The van der Waals surface area contributed by atoms with E-state index >= 15 is 0 Å². The highest BCUT2D eigenvalue weighted by atomic mass is 16.3. The summed E-state index contributed by atoms with van der Waals surface area (Å²) in [6, 6.07) is 7.47. The molecule has 3 N–H and O–H groups in total. The molecule has 0 radical (unpaired) electrons. The van der Waals surface area contributed by atoms with E-state index in [1.165, 1.54) is 0 Å². The van der Waals surface area contributed by atoms with Crippen LogP contribution in [-0.4, -0.2) is 24.1 Å². The van der Waals surface area contributed by atoms with Gasteiger partial charge in [-0.2, -0.15) is 0 Å². The van der Waals surface area contributed by atoms with Gasteiger partial charge >= 0.3 is 0 Å². The van der Waals surface area contributed by atoms with Crippen LogP contribution in [0, 0.1) is 5.92 Å². The van der Waals surface area contributed by atoms with Gasteiger partial charge in [0, 0.05) is 18.7 Å². The lowest BCUT2D eigenvalue weighted by molar-refractivity contribution is -0.117. The monoisotopic (exact) mass is 234 g/mol. The molecule has 1 aliphatic rings. The zero-order valence-corrected chi connectivity index (χ0v) is 9.97. The Morgan fingerprint density at radius 3 is 2.94 bits per heavy atom. The minimum absolute atomic E-state index is 0.114. The number of rotatable bonds is 3. The van der Waals surface area contributed by atoms with Gasteiger partial charge in [-0.25, -0.2) is 0 Å². The summed E-state index contributed by atoms with van der Waals surface area (Å²) >= 11 is 0. The standard InChI is InChI=1S/C13H18N2O2/c1-9(16)11-3-2-4-12(6-11)15-8-10(7-14)5-13(15)17/h2-4,6,9-10,16H,5,7-8,14H2,1H3. The third-order valence-electron chi connectivity index (χ3n) is 3.20. The van der Waals surface area contributed by atoms with Gasteiger partial charge in [-0.3, -0.25) is 4.79 Å². The van der Waals surface area contributed by atoms with Crippen LogP contribution in [-0.2, 0) is 4.79 Å². The summed E-state index contributed by atoms with van der Waals surface area (Å²) in [6.07, 6.45) is 0.00744. The number of benzene rings is 1. The van der Waals surface area contributed by atoms with E-state index in [1.54, 1.807) is 11.8 Å². The second-order valence-electron chi connectivity index (χ2n) is 4.58. The summed E-state index contributed by atoms with van der Waals surface area (Å²) in [5, 5.41) is 9.53. The molecule has 92 valence electrons. The fourth-order valence-corrected chi connectivity index (χ4v) is 2.14. The summed E-state index contributed by atoms with van der Waals surface area (Å²) in [6.45, 7) is 2.94. The molecule has 0 spiro atoms. The Balaban J connectivity index is 2.22. The van der Waals surface area contributed by atoms with Gasteiger partial charge in [-0.05, 0) is 37.1 Å². The maximum Gasteiger partial charge on any atom is 0.227 e. The highest BCUT2D eigenvalue weighted by Crippen LogP contribution is 2.26. The molecule has 4 nitrogen and oxygen atoms in total. The van der Waals surface area contributed by atoms with Crippen molar-refractivity contribution >= 4 is 11.6 Å². The van der Waals surface area contributed by atoms with Crippen molar-refractivity contribution < 1.29 is 9.90 Å². The van der Waals surface area contributed by atoms with Crippen LogP contribution in [0.3, 0.4) is 0 Å². The van der Waals surface area contributed by atoms with Gasteiger partial charge in [-0.15, -0.1) is 0 Å². The van der Waals surface area contributed by atoms with Crippen molar-refractivity contribution in [2.24, 2.45) is 11.7 Å². The molecule has 1 aliphatic heterocycles. The third-order valence-corrected chi connectivity index (χ3v) is 3.20. The number of amides is 1. The molecule has 0 saturated carbocycles. The average Bonchev–Trinajstić information content (AvgIpc) is 2.71. The quantitative estimate of drug-likeness (QED) is 0.821. The van der Waals surface area contributed by atoms with Crippen molar-refractivity contribution in [3.63, 3.8) is 0 Å². The van der Waals surface area contributed by atoms with Crippen LogP contribution in [0.1, 0.15) is 25.0 Å². The SMILES string of the molecule is CC(O)c1cccc(N2CC(CN)CC2=O)c1. The largest absolute Gasteiger partial charge is 0.389 e. The van der Waals surface area contributed by atoms with Gasteiger partial charge in [0.25, 0.3) is 0 Å². The van der Waals surface area contributed by atoms with Crippen LogP contribution in [0.25, 0.3) is 0 Å². The highest BCUT2D eigenvalue weighted by Gasteiger charge is 2.29. The van der Waals surface area contributed by atoms with Gasteiger partial charge < -0.3 is 15.7 Å². The van der Waals surface area contributed by atoms with Gasteiger partial charge in [0.05, 0.1) is 6.10 Å². The highest BCUT2D eigenvalue weighted by molar-refractivity contribution is 5.95. The van der Waals surface area contributed by atoms with Gasteiger partial charge in [0.1, 0.15) is 0 Å². The number of aliphatic hydroxyl groups excluding tert-OH is 1. The Hall–Kier alpha value is -1.39. The molecule has 1 amide bonds. The molecule has 0 aliphatic carbocycles. The molecule has 2 rings (SSSR count). The lowest BCUT2D eigenvalue weighted by atomic mass is 10.1. The molecular formula is C13H18N2O2. The first-order valence-corrected chi connectivity index (χ1v) is 5.90. The van der Waals surface area contributed by atoms with E-state index in [9.17, 15) is 9.90 Å². The van der Waals surface area contributed by atoms with Crippen LogP contribution >= 0.6 is 0 Å². The average molecular weight is 234 g/mol. The molecule has 4 heteroatoms. The molecule has 1 fully saturated rings. The Kier molecular flexibility index (Phi) is 3.45. The van der Waals surface area contributed by atoms with Gasteiger partial charge in [0.15, 0.2) is 0 Å². The predicted molar refractivity (Wildman–Crippen MR) is 66.6 cm³/mol. The van der Waals surface area contributed by atoms with Crippen molar-refractivity contribution in [3.05, 3.63) is 29.8 Å². The Labute approximate surface area is 101 Å². The van der Waals surface area contributed by atoms with Crippen molar-refractivity contribution in [1.29, 1.82) is 0 Å². The molecule has 0 aromatic heterocycles. The summed E-state index contributed by atoms with van der Waals surface area (Å²) in [4.78, 5) is 13.6. The maximum atomic E-state index is 11.8. The van der Waals surface area contributed by atoms with Crippen LogP contribution < -0.4 is 10.6 Å². The number of anilines is 1. The summed E-state index contributed by atoms with van der Waals surface area (Å²) in [5.41, 5.74) is 7.27. The number of hydrogen-bond donors (Lipinski definition) is 2. The van der Waals surface area contributed by atoms with E-state index in [-0.39, 0.29) is 11.8 Å². The summed E-state index contributed by atoms with van der Waals surface area (Å²) < 4.78 is 0. The number of hydrogen-bond acceptors (Lipinski definition) is 3. The number of aliphatic hydroxyl groups is 1. The van der Waals surface area contributed by atoms with Crippen molar-refractivity contribution in [2.45, 2.75) is 19.4 Å². The van der Waals surface area contributed by atoms with E-state index < -0.39 is 6.10 Å². The molecular weight excluding hydrogens is 216 g/mol. The first-order chi connectivity index (χ1) is 8.11. The van der Waals surface area contributed by atoms with E-state index in [0.717, 1.165) is 11.3 Å². The molecule has 1 saturated heterocycles. The van der Waals surface area contributed by atoms with Crippen LogP contribution in [0.5, 0.6) is 0 Å². The summed E-state index contributed by atoms with van der Waals surface area (Å²) in [7, 11) is 0. The minimum atomic E-state index is -0.516. The molecule has 2 unspecified atom stereocenters. The molecule has 0 bridgehead atoms. The van der Waals surface area contributed by atoms with Crippen molar-refractivity contribution in [1.82, 2.24) is 0 Å². The lowest BCUT2D eigenvalue weighted by Gasteiger charge is -2.18. The molecule has 1 aromatic rings. The summed E-state index contributed by atoms with van der Waals surface area (Å²) in [5.74, 6) is 0.362. The Bertz CT molecular complexity index is 418. The first-order valence-electron chi connectivity index (χ1n) is 5.90. The second-order valence-corrected chi connectivity index (χ2v) is 4.58. The van der Waals surface area contributed by atoms with E-state index in [4.69, 9.17) is 5.73 Å². The van der Waals surface area contributed by atoms with Crippen LogP contribution in [0.2, 0.25) is 0 Å². The van der Waals surface area contributed by atoms with E-state index in [2.05, 4.69) is 0 Å². The van der Waals surface area contributed by atoms with Crippen molar-refractivity contribution in [3.8, 4) is 0 Å². The van der Waals surface area contributed by atoms with Crippen molar-refractivity contribution in [2.75, 3.05) is 18.0 Å². The lowest BCUT2D eigenvalue weighted by Crippen LogP contribution is -2.25. The fraction of sp³-hybridized carbons (Fsp3) is 0.462.